The van der Waals surface area contributed by atoms with Crippen LogP contribution in [0.25, 0.3) is 0 Å². The lowest BCUT2D eigenvalue weighted by Crippen LogP contribution is -2.15. The molecule has 0 heterocycles. The highest BCUT2D eigenvalue weighted by molar-refractivity contribution is 9.10. The van der Waals surface area contributed by atoms with Gasteiger partial charge in [-0.15, -0.1) is 11.6 Å². The van der Waals surface area contributed by atoms with Crippen LogP contribution in [0.3, 0.4) is 0 Å². The fourth-order valence-electron chi connectivity index (χ4n) is 1.25. The predicted molar refractivity (Wildman–Crippen MR) is 65.8 cm³/mol. The molecular formula is C11H14BrClFN. The molecule has 0 radical (unpaired) electrons. The molecule has 4 heteroatoms. The Morgan fingerprint density at radius 1 is 1.33 bits per heavy atom. The van der Waals surface area contributed by atoms with Crippen molar-refractivity contribution in [3.8, 4) is 0 Å². The number of halogens is 3. The average molecular weight is 295 g/mol. The molecule has 0 saturated heterocycles. The van der Waals surface area contributed by atoms with Crippen molar-refractivity contribution in [1.82, 2.24) is 5.32 Å². The van der Waals surface area contributed by atoms with Crippen LogP contribution in [0.4, 0.5) is 4.39 Å². The first-order chi connectivity index (χ1) is 7.25. The van der Waals surface area contributed by atoms with Crippen molar-refractivity contribution < 1.29 is 4.39 Å². The standard InChI is InChI=1S/C11H14BrClFN/c12-11-9(4-3-5-10(11)14)8-15-7-2-1-6-13/h3-5,15H,1-2,6-8H2. The summed E-state index contributed by atoms with van der Waals surface area (Å²) in [4.78, 5) is 0. The summed E-state index contributed by atoms with van der Waals surface area (Å²) in [5.41, 5.74) is 0.945. The topological polar surface area (TPSA) is 12.0 Å². The lowest BCUT2D eigenvalue weighted by molar-refractivity contribution is 0.607. The van der Waals surface area contributed by atoms with E-state index < -0.39 is 0 Å². The largest absolute Gasteiger partial charge is 0.313 e. The van der Waals surface area contributed by atoms with Gasteiger partial charge in [-0.25, -0.2) is 4.39 Å². The summed E-state index contributed by atoms with van der Waals surface area (Å²) in [6, 6.07) is 5.07. The summed E-state index contributed by atoms with van der Waals surface area (Å²) in [5.74, 6) is 0.487. The fourth-order valence-corrected chi connectivity index (χ4v) is 1.85. The van der Waals surface area contributed by atoms with Crippen molar-refractivity contribution in [3.05, 3.63) is 34.1 Å². The van der Waals surface area contributed by atoms with Crippen molar-refractivity contribution >= 4 is 27.5 Å². The normalized spacial score (nSPS) is 10.6. The maximum atomic E-state index is 13.1. The summed E-state index contributed by atoms with van der Waals surface area (Å²) < 4.78 is 13.7. The number of rotatable bonds is 6. The van der Waals surface area contributed by atoms with E-state index in [0.29, 0.717) is 16.9 Å². The molecule has 0 bridgehead atoms. The number of benzene rings is 1. The van der Waals surface area contributed by atoms with Gasteiger partial charge in [-0.05, 0) is 46.9 Å². The Labute approximate surface area is 103 Å². The van der Waals surface area contributed by atoms with Crippen LogP contribution < -0.4 is 5.32 Å². The lowest BCUT2D eigenvalue weighted by atomic mass is 10.2. The minimum Gasteiger partial charge on any atom is -0.313 e. The Kier molecular flexibility index (Phi) is 6.22. The van der Waals surface area contributed by atoms with E-state index in [0.717, 1.165) is 24.9 Å². The van der Waals surface area contributed by atoms with Gasteiger partial charge in [0.2, 0.25) is 0 Å². The third-order valence-corrected chi connectivity index (χ3v) is 3.24. The zero-order chi connectivity index (χ0) is 11.1. The van der Waals surface area contributed by atoms with Crippen molar-refractivity contribution in [2.24, 2.45) is 0 Å². The van der Waals surface area contributed by atoms with Crippen LogP contribution in [0.5, 0.6) is 0 Å². The minimum atomic E-state index is -0.213. The molecule has 0 aliphatic heterocycles. The molecule has 1 nitrogen and oxygen atoms in total. The Balaban J connectivity index is 2.34. The third kappa shape index (κ3) is 4.49. The quantitative estimate of drug-likeness (QED) is 0.623. The van der Waals surface area contributed by atoms with Gasteiger partial charge in [-0.1, -0.05) is 12.1 Å². The molecule has 0 aromatic heterocycles. The van der Waals surface area contributed by atoms with E-state index in [4.69, 9.17) is 11.6 Å². The van der Waals surface area contributed by atoms with E-state index in [1.54, 1.807) is 6.07 Å². The highest BCUT2D eigenvalue weighted by atomic mass is 79.9. The summed E-state index contributed by atoms with van der Waals surface area (Å²) in [6.07, 6.45) is 2.06. The molecule has 0 aliphatic rings. The van der Waals surface area contributed by atoms with E-state index >= 15 is 0 Å². The Hall–Kier alpha value is -0.120. The van der Waals surface area contributed by atoms with Crippen LogP contribution in [0.1, 0.15) is 18.4 Å². The lowest BCUT2D eigenvalue weighted by Gasteiger charge is -2.06. The fraction of sp³-hybridized carbons (Fsp3) is 0.455. The van der Waals surface area contributed by atoms with E-state index in [1.165, 1.54) is 6.07 Å². The van der Waals surface area contributed by atoms with E-state index in [2.05, 4.69) is 21.2 Å². The molecule has 0 atom stereocenters. The predicted octanol–water partition coefficient (Wildman–Crippen LogP) is 3.70. The molecule has 1 N–H and O–H groups in total. The van der Waals surface area contributed by atoms with Gasteiger partial charge in [0.15, 0.2) is 0 Å². The second kappa shape index (κ2) is 7.20. The van der Waals surface area contributed by atoms with Crippen LogP contribution in [0, 0.1) is 5.82 Å². The third-order valence-electron chi connectivity index (χ3n) is 2.08. The maximum absolute atomic E-state index is 13.1. The van der Waals surface area contributed by atoms with Gasteiger partial charge >= 0.3 is 0 Å². The van der Waals surface area contributed by atoms with Crippen LogP contribution >= 0.6 is 27.5 Å². The molecule has 1 aromatic rings. The van der Waals surface area contributed by atoms with Crippen LogP contribution in [0.2, 0.25) is 0 Å². The first-order valence-electron chi connectivity index (χ1n) is 4.95. The van der Waals surface area contributed by atoms with Crippen LogP contribution in [-0.2, 0) is 6.54 Å². The second-order valence-electron chi connectivity index (χ2n) is 3.29. The van der Waals surface area contributed by atoms with Gasteiger partial charge in [0, 0.05) is 12.4 Å². The van der Waals surface area contributed by atoms with Gasteiger partial charge in [0.25, 0.3) is 0 Å². The molecule has 0 spiro atoms. The van der Waals surface area contributed by atoms with Gasteiger partial charge in [0.1, 0.15) is 5.82 Å². The summed E-state index contributed by atoms with van der Waals surface area (Å²) in [6.45, 7) is 1.59. The molecule has 15 heavy (non-hydrogen) atoms. The number of hydrogen-bond donors (Lipinski definition) is 1. The van der Waals surface area contributed by atoms with Crippen molar-refractivity contribution in [1.29, 1.82) is 0 Å². The van der Waals surface area contributed by atoms with Crippen LogP contribution in [0.15, 0.2) is 22.7 Å². The van der Waals surface area contributed by atoms with E-state index in [1.807, 2.05) is 6.07 Å². The first kappa shape index (κ1) is 12.9. The van der Waals surface area contributed by atoms with Gasteiger partial charge < -0.3 is 5.32 Å². The Morgan fingerprint density at radius 2 is 2.13 bits per heavy atom. The average Bonchev–Trinajstić information content (AvgIpc) is 2.24. The van der Waals surface area contributed by atoms with Crippen molar-refractivity contribution in [2.75, 3.05) is 12.4 Å². The smallest absolute Gasteiger partial charge is 0.137 e. The molecule has 0 aliphatic carbocycles. The number of alkyl halides is 1. The zero-order valence-corrected chi connectivity index (χ0v) is 10.7. The highest BCUT2D eigenvalue weighted by Crippen LogP contribution is 2.19. The monoisotopic (exact) mass is 293 g/mol. The van der Waals surface area contributed by atoms with Crippen LogP contribution in [-0.4, -0.2) is 12.4 Å². The molecule has 0 amide bonds. The Bertz CT molecular complexity index is 307. The minimum absolute atomic E-state index is 0.213. The van der Waals surface area contributed by atoms with Crippen molar-refractivity contribution in [2.45, 2.75) is 19.4 Å². The maximum Gasteiger partial charge on any atom is 0.137 e. The SMILES string of the molecule is Fc1cccc(CNCCCCCl)c1Br. The summed E-state index contributed by atoms with van der Waals surface area (Å²) in [7, 11) is 0. The van der Waals surface area contributed by atoms with Crippen molar-refractivity contribution in [3.63, 3.8) is 0 Å². The number of nitrogens with one attached hydrogen (secondary N) is 1. The van der Waals surface area contributed by atoms with E-state index in [-0.39, 0.29) is 5.82 Å². The molecule has 0 saturated carbocycles. The van der Waals surface area contributed by atoms with Gasteiger partial charge in [-0.3, -0.25) is 0 Å². The van der Waals surface area contributed by atoms with Gasteiger partial charge in [0.05, 0.1) is 4.47 Å². The summed E-state index contributed by atoms with van der Waals surface area (Å²) in [5, 5.41) is 3.25. The zero-order valence-electron chi connectivity index (χ0n) is 8.40. The second-order valence-corrected chi connectivity index (χ2v) is 4.46. The number of unbranched alkanes of at least 4 members (excludes halogenated alkanes) is 1. The molecule has 84 valence electrons. The molecule has 0 unspecified atom stereocenters. The highest BCUT2D eigenvalue weighted by Gasteiger charge is 2.03. The van der Waals surface area contributed by atoms with E-state index in [9.17, 15) is 4.39 Å². The molecule has 1 rings (SSSR count). The summed E-state index contributed by atoms with van der Waals surface area (Å²) >= 11 is 8.79. The van der Waals surface area contributed by atoms with Gasteiger partial charge in [-0.2, -0.15) is 0 Å². The molecular weight excluding hydrogens is 280 g/mol. The number of hydrogen-bond acceptors (Lipinski definition) is 1. The molecule has 0 fully saturated rings. The molecule has 1 aromatic carbocycles. The first-order valence-corrected chi connectivity index (χ1v) is 6.28. The Morgan fingerprint density at radius 3 is 2.87 bits per heavy atom.